The monoisotopic (exact) mass is 558 g/mol. The van der Waals surface area contributed by atoms with Crippen LogP contribution in [-0.4, -0.2) is 89.7 Å². The number of carbonyl (C=O) groups excluding carboxylic acids is 1. The van der Waals surface area contributed by atoms with Gasteiger partial charge in [0, 0.05) is 64.3 Å². The number of benzene rings is 1. The minimum Gasteiger partial charge on any atom is -0.488 e. The number of fused-ring (bicyclic) bond motifs is 1. The Morgan fingerprint density at radius 1 is 1.18 bits per heavy atom. The molecule has 0 saturated carbocycles. The molecule has 2 aromatic heterocycles. The van der Waals surface area contributed by atoms with E-state index in [1.54, 1.807) is 13.1 Å². The van der Waals surface area contributed by atoms with Crippen LogP contribution >= 0.6 is 11.6 Å². The molecule has 2 aliphatic rings. The predicted octanol–water partition coefficient (Wildman–Crippen LogP) is 3.92. The number of carbonyl (C=O) groups is 1. The van der Waals surface area contributed by atoms with Crippen LogP contribution < -0.4 is 10.1 Å². The number of amides is 1. The number of nitrogens with one attached hydrogen (secondary N) is 1. The summed E-state index contributed by atoms with van der Waals surface area (Å²) >= 11 is 5.81. The van der Waals surface area contributed by atoms with E-state index in [9.17, 15) is 13.6 Å². The van der Waals surface area contributed by atoms with Crippen LogP contribution in [0.4, 0.5) is 14.6 Å². The van der Waals surface area contributed by atoms with Crippen LogP contribution in [0.5, 0.6) is 5.75 Å². The van der Waals surface area contributed by atoms with Crippen molar-refractivity contribution in [3.63, 3.8) is 0 Å². The molecule has 1 amide bonds. The predicted molar refractivity (Wildman–Crippen MR) is 144 cm³/mol. The van der Waals surface area contributed by atoms with Gasteiger partial charge in [-0.25, -0.2) is 23.7 Å². The van der Waals surface area contributed by atoms with Gasteiger partial charge in [0.1, 0.15) is 34.6 Å². The van der Waals surface area contributed by atoms with E-state index in [2.05, 4.69) is 25.2 Å². The number of hydrogen-bond donors (Lipinski definition) is 1. The van der Waals surface area contributed by atoms with Crippen LogP contribution in [0.1, 0.15) is 12.8 Å². The zero-order chi connectivity index (χ0) is 27.4. The van der Waals surface area contributed by atoms with Gasteiger partial charge in [-0.05, 0) is 12.1 Å². The van der Waals surface area contributed by atoms with E-state index in [0.29, 0.717) is 48.4 Å². The molecular formula is C27H29ClF2N6O3. The highest BCUT2D eigenvalue weighted by molar-refractivity contribution is 6.31. The fraction of sp³-hybridized carbons (Fsp3) is 0.407. The van der Waals surface area contributed by atoms with E-state index in [-0.39, 0.29) is 23.3 Å². The fourth-order valence-corrected chi connectivity index (χ4v) is 4.96. The van der Waals surface area contributed by atoms with Crippen molar-refractivity contribution < 1.29 is 23.0 Å². The lowest BCUT2D eigenvalue weighted by Gasteiger charge is -2.32. The molecule has 0 radical (unpaired) electrons. The molecule has 39 heavy (non-hydrogen) atoms. The van der Waals surface area contributed by atoms with Crippen molar-refractivity contribution in [3.05, 3.63) is 53.5 Å². The Balaban J connectivity index is 1.30. The molecule has 2 aliphatic heterocycles. The molecule has 5 rings (SSSR count). The maximum absolute atomic E-state index is 14.9. The fourth-order valence-electron chi connectivity index (χ4n) is 4.80. The smallest absolute Gasteiger partial charge is 0.246 e. The number of pyridine rings is 1. The molecule has 3 aromatic rings. The second kappa shape index (κ2) is 12.2. The molecular weight excluding hydrogens is 530 g/mol. The van der Waals surface area contributed by atoms with Crippen LogP contribution in [0, 0.1) is 11.6 Å². The lowest BCUT2D eigenvalue weighted by Crippen LogP contribution is -2.41. The van der Waals surface area contributed by atoms with Gasteiger partial charge in [-0.2, -0.15) is 0 Å². The average molecular weight is 559 g/mol. The lowest BCUT2D eigenvalue weighted by atomic mass is 10.1. The third-order valence-electron chi connectivity index (χ3n) is 6.93. The normalized spacial score (nSPS) is 17.2. The average Bonchev–Trinajstić information content (AvgIpc) is 2.97. The number of aromatic nitrogens is 3. The van der Waals surface area contributed by atoms with Gasteiger partial charge in [-0.1, -0.05) is 17.7 Å². The van der Waals surface area contributed by atoms with E-state index in [0.717, 1.165) is 38.9 Å². The Kier molecular flexibility index (Phi) is 8.49. The summed E-state index contributed by atoms with van der Waals surface area (Å²) in [7, 11) is 1.71. The van der Waals surface area contributed by atoms with Gasteiger partial charge in [0.25, 0.3) is 0 Å². The topological polar surface area (TPSA) is 92.7 Å². The number of morpholine rings is 1. The minimum atomic E-state index is -0.917. The molecule has 0 bridgehead atoms. The van der Waals surface area contributed by atoms with E-state index in [1.165, 1.54) is 18.6 Å². The highest BCUT2D eigenvalue weighted by atomic mass is 35.5. The quantitative estimate of drug-likeness (QED) is 0.345. The van der Waals surface area contributed by atoms with Gasteiger partial charge in [0.2, 0.25) is 5.91 Å². The molecule has 0 unspecified atom stereocenters. The van der Waals surface area contributed by atoms with Crippen molar-refractivity contribution in [1.82, 2.24) is 24.8 Å². The number of halogens is 3. The molecule has 2 saturated heterocycles. The third-order valence-corrected chi connectivity index (χ3v) is 7.28. The molecule has 206 valence electrons. The Morgan fingerprint density at radius 2 is 1.95 bits per heavy atom. The highest BCUT2D eigenvalue weighted by Crippen LogP contribution is 2.38. The Labute approximate surface area is 229 Å². The van der Waals surface area contributed by atoms with E-state index in [4.69, 9.17) is 21.1 Å². The van der Waals surface area contributed by atoms with E-state index in [1.807, 2.05) is 11.0 Å². The van der Waals surface area contributed by atoms with Gasteiger partial charge in [-0.3, -0.25) is 9.69 Å². The first-order valence-electron chi connectivity index (χ1n) is 12.8. The maximum atomic E-state index is 14.9. The SMILES string of the molecule is CNc1ncnc2c(-c3ccc(F)c(Cl)c3F)ncc(OC3CCN(C(=O)/C=C/CN4CCOCC4)CC3)c12. The number of anilines is 1. The van der Waals surface area contributed by atoms with Gasteiger partial charge >= 0.3 is 0 Å². The number of nitrogens with zero attached hydrogens (tertiary/aromatic N) is 5. The number of hydrogen-bond acceptors (Lipinski definition) is 8. The summed E-state index contributed by atoms with van der Waals surface area (Å²) in [5.41, 5.74) is 0.554. The highest BCUT2D eigenvalue weighted by Gasteiger charge is 2.26. The molecule has 0 spiro atoms. The van der Waals surface area contributed by atoms with Crippen molar-refractivity contribution in [3.8, 4) is 17.0 Å². The molecule has 1 N–H and O–H groups in total. The Bertz CT molecular complexity index is 1380. The summed E-state index contributed by atoms with van der Waals surface area (Å²) in [4.78, 5) is 29.8. The Hall–Kier alpha value is -3.41. The molecule has 0 atom stereocenters. The van der Waals surface area contributed by atoms with Crippen molar-refractivity contribution in [2.45, 2.75) is 18.9 Å². The van der Waals surface area contributed by atoms with Crippen molar-refractivity contribution in [1.29, 1.82) is 0 Å². The number of ether oxygens (including phenoxy) is 2. The summed E-state index contributed by atoms with van der Waals surface area (Å²) < 4.78 is 40.3. The molecule has 12 heteroatoms. The molecule has 9 nitrogen and oxygen atoms in total. The first-order chi connectivity index (χ1) is 19.0. The zero-order valence-corrected chi connectivity index (χ0v) is 22.3. The van der Waals surface area contributed by atoms with Crippen molar-refractivity contribution in [2.75, 3.05) is 58.3 Å². The molecule has 1 aromatic carbocycles. The molecule has 0 aliphatic carbocycles. The minimum absolute atomic E-state index is 0.0102. The van der Waals surface area contributed by atoms with E-state index >= 15 is 0 Å². The van der Waals surface area contributed by atoms with Gasteiger partial charge in [0.05, 0.1) is 30.5 Å². The standard InChI is InChI=1S/C27H29ClF2N6O3/c1-31-27-22-20(15-32-25(26(22)33-16-34-27)18-4-5-19(29)23(28)24(18)30)39-17-6-9-36(10-7-17)21(37)3-2-8-35-11-13-38-14-12-35/h2-5,15-17H,6-14H2,1H3,(H,31,33,34)/b3-2+. The number of rotatable bonds is 7. The van der Waals surface area contributed by atoms with Gasteiger partial charge in [-0.15, -0.1) is 0 Å². The second-order valence-corrected chi connectivity index (χ2v) is 9.73. The maximum Gasteiger partial charge on any atom is 0.246 e. The Morgan fingerprint density at radius 3 is 2.69 bits per heavy atom. The van der Waals surface area contributed by atoms with Crippen LogP contribution in [0.15, 0.2) is 36.8 Å². The summed E-state index contributed by atoms with van der Waals surface area (Å²) in [5.74, 6) is -0.873. The molecule has 4 heterocycles. The van der Waals surface area contributed by atoms with Gasteiger partial charge in [0.15, 0.2) is 11.6 Å². The first-order valence-corrected chi connectivity index (χ1v) is 13.2. The van der Waals surface area contributed by atoms with E-state index < -0.39 is 16.7 Å². The summed E-state index contributed by atoms with van der Waals surface area (Å²) in [6, 6.07) is 2.37. The van der Waals surface area contributed by atoms with Crippen LogP contribution in [-0.2, 0) is 9.53 Å². The summed E-state index contributed by atoms with van der Waals surface area (Å²) in [6.45, 7) is 5.05. The lowest BCUT2D eigenvalue weighted by molar-refractivity contribution is -0.127. The van der Waals surface area contributed by atoms with Crippen molar-refractivity contribution >= 4 is 34.2 Å². The summed E-state index contributed by atoms with van der Waals surface area (Å²) in [6.07, 6.45) is 7.49. The first kappa shape index (κ1) is 27.2. The number of likely N-dealkylation sites (tertiary alicyclic amines) is 1. The van der Waals surface area contributed by atoms with Crippen LogP contribution in [0.3, 0.4) is 0 Å². The summed E-state index contributed by atoms with van der Waals surface area (Å²) in [5, 5.41) is 2.93. The number of piperidine rings is 1. The van der Waals surface area contributed by atoms with Gasteiger partial charge < -0.3 is 19.7 Å². The zero-order valence-electron chi connectivity index (χ0n) is 21.5. The third kappa shape index (κ3) is 5.95. The van der Waals surface area contributed by atoms with Crippen molar-refractivity contribution in [2.24, 2.45) is 0 Å². The second-order valence-electron chi connectivity index (χ2n) is 9.35. The molecule has 2 fully saturated rings. The van der Waals surface area contributed by atoms with Crippen LogP contribution in [0.25, 0.3) is 22.2 Å². The van der Waals surface area contributed by atoms with Crippen LogP contribution in [0.2, 0.25) is 5.02 Å². The largest absolute Gasteiger partial charge is 0.488 e.